The Labute approximate surface area is 87.5 Å². The molecule has 0 saturated heterocycles. The van der Waals surface area contributed by atoms with Crippen LogP contribution in [-0.4, -0.2) is 32.2 Å². The minimum Gasteiger partial charge on any atom is -0.365 e. The first kappa shape index (κ1) is 9.85. The fourth-order valence-electron chi connectivity index (χ4n) is 1.32. The van der Waals surface area contributed by atoms with Crippen molar-refractivity contribution in [1.82, 2.24) is 19.6 Å². The molecule has 1 atom stereocenters. The van der Waals surface area contributed by atoms with E-state index >= 15 is 0 Å². The number of hydrogen-bond acceptors (Lipinski definition) is 5. The van der Waals surface area contributed by atoms with E-state index in [0.717, 1.165) is 17.3 Å². The largest absolute Gasteiger partial charge is 0.365 e. The van der Waals surface area contributed by atoms with Crippen molar-refractivity contribution in [1.29, 1.82) is 0 Å². The predicted molar refractivity (Wildman–Crippen MR) is 57.7 cm³/mol. The normalized spacial score (nSPS) is 13.0. The zero-order valence-corrected chi connectivity index (χ0v) is 8.81. The van der Waals surface area contributed by atoms with Crippen LogP contribution in [0.25, 0.3) is 5.65 Å². The maximum absolute atomic E-state index is 5.66. The SMILES string of the molecule is Cc1nnc2c(NCC(C)N)nccn12. The number of aryl methyl sites for hydroxylation is 1. The molecule has 0 amide bonds. The first-order valence-corrected chi connectivity index (χ1v) is 4.84. The molecule has 0 aliphatic heterocycles. The van der Waals surface area contributed by atoms with Crippen molar-refractivity contribution in [3.8, 4) is 0 Å². The number of nitrogens with zero attached hydrogens (tertiary/aromatic N) is 4. The van der Waals surface area contributed by atoms with Gasteiger partial charge in [0.05, 0.1) is 0 Å². The molecule has 15 heavy (non-hydrogen) atoms. The van der Waals surface area contributed by atoms with Crippen LogP contribution in [0.1, 0.15) is 12.7 Å². The Kier molecular flexibility index (Phi) is 2.51. The number of anilines is 1. The lowest BCUT2D eigenvalue weighted by molar-refractivity contribution is 0.777. The van der Waals surface area contributed by atoms with E-state index < -0.39 is 0 Å². The lowest BCUT2D eigenvalue weighted by atomic mass is 10.3. The lowest BCUT2D eigenvalue weighted by Crippen LogP contribution is -2.25. The average molecular weight is 206 g/mol. The molecule has 2 rings (SSSR count). The van der Waals surface area contributed by atoms with E-state index in [1.165, 1.54) is 0 Å². The quantitative estimate of drug-likeness (QED) is 0.749. The van der Waals surface area contributed by atoms with Crippen molar-refractivity contribution in [2.45, 2.75) is 19.9 Å². The Morgan fingerprint density at radius 1 is 1.53 bits per heavy atom. The second-order valence-corrected chi connectivity index (χ2v) is 3.57. The van der Waals surface area contributed by atoms with E-state index in [0.29, 0.717) is 6.54 Å². The van der Waals surface area contributed by atoms with Gasteiger partial charge >= 0.3 is 0 Å². The van der Waals surface area contributed by atoms with Crippen molar-refractivity contribution in [2.75, 3.05) is 11.9 Å². The average Bonchev–Trinajstić information content (AvgIpc) is 2.58. The highest BCUT2D eigenvalue weighted by molar-refractivity contribution is 5.61. The summed E-state index contributed by atoms with van der Waals surface area (Å²) in [5.74, 6) is 1.56. The molecule has 80 valence electrons. The Hall–Kier alpha value is -1.69. The zero-order chi connectivity index (χ0) is 10.8. The minimum absolute atomic E-state index is 0.0797. The molecule has 2 aromatic heterocycles. The molecule has 6 nitrogen and oxygen atoms in total. The Bertz CT molecular complexity index is 461. The summed E-state index contributed by atoms with van der Waals surface area (Å²) < 4.78 is 1.89. The van der Waals surface area contributed by atoms with E-state index in [4.69, 9.17) is 5.73 Å². The van der Waals surface area contributed by atoms with Crippen molar-refractivity contribution in [2.24, 2.45) is 5.73 Å². The summed E-state index contributed by atoms with van der Waals surface area (Å²) in [6, 6.07) is 0.0797. The highest BCUT2D eigenvalue weighted by Gasteiger charge is 2.07. The lowest BCUT2D eigenvalue weighted by Gasteiger charge is -2.08. The van der Waals surface area contributed by atoms with Crippen LogP contribution in [0, 0.1) is 6.92 Å². The molecular formula is C9H14N6. The van der Waals surface area contributed by atoms with Gasteiger partial charge < -0.3 is 11.1 Å². The summed E-state index contributed by atoms with van der Waals surface area (Å²) in [5.41, 5.74) is 6.39. The molecule has 2 aromatic rings. The predicted octanol–water partition coefficient (Wildman–Crippen LogP) is 0.192. The van der Waals surface area contributed by atoms with Crippen LogP contribution in [0.2, 0.25) is 0 Å². The van der Waals surface area contributed by atoms with Crippen molar-refractivity contribution >= 4 is 11.5 Å². The maximum atomic E-state index is 5.66. The fourth-order valence-corrected chi connectivity index (χ4v) is 1.32. The third kappa shape index (κ3) is 1.89. The summed E-state index contributed by atoms with van der Waals surface area (Å²) in [6.45, 7) is 4.50. The highest BCUT2D eigenvalue weighted by Crippen LogP contribution is 2.11. The van der Waals surface area contributed by atoms with Gasteiger partial charge in [-0.15, -0.1) is 10.2 Å². The van der Waals surface area contributed by atoms with E-state index in [1.807, 2.05) is 24.4 Å². The van der Waals surface area contributed by atoms with Crippen molar-refractivity contribution < 1.29 is 0 Å². The molecule has 0 radical (unpaired) electrons. The van der Waals surface area contributed by atoms with Gasteiger partial charge in [0.15, 0.2) is 5.82 Å². The van der Waals surface area contributed by atoms with Crippen LogP contribution in [0.3, 0.4) is 0 Å². The fraction of sp³-hybridized carbons (Fsp3) is 0.444. The van der Waals surface area contributed by atoms with Crippen LogP contribution in [0.15, 0.2) is 12.4 Å². The summed E-state index contributed by atoms with van der Waals surface area (Å²) in [4.78, 5) is 4.20. The van der Waals surface area contributed by atoms with Gasteiger partial charge in [-0.05, 0) is 13.8 Å². The van der Waals surface area contributed by atoms with Crippen LogP contribution >= 0.6 is 0 Å². The molecule has 0 spiro atoms. The third-order valence-corrected chi connectivity index (χ3v) is 2.09. The molecule has 0 aliphatic rings. The second kappa shape index (κ2) is 3.82. The standard InChI is InChI=1S/C9H14N6/c1-6(10)5-12-8-9-14-13-7(2)15(9)4-3-11-8/h3-4,6H,5,10H2,1-2H3,(H,11,12). The molecule has 6 heteroatoms. The van der Waals surface area contributed by atoms with Crippen LogP contribution in [0.4, 0.5) is 5.82 Å². The van der Waals surface area contributed by atoms with Gasteiger partial charge in [0.25, 0.3) is 0 Å². The van der Waals surface area contributed by atoms with E-state index in [2.05, 4.69) is 20.5 Å². The van der Waals surface area contributed by atoms with Crippen molar-refractivity contribution in [3.05, 3.63) is 18.2 Å². The van der Waals surface area contributed by atoms with Gasteiger partial charge in [0, 0.05) is 25.0 Å². The topological polar surface area (TPSA) is 81.1 Å². The maximum Gasteiger partial charge on any atom is 0.203 e. The van der Waals surface area contributed by atoms with Crippen LogP contribution < -0.4 is 11.1 Å². The number of nitrogens with one attached hydrogen (secondary N) is 1. The molecule has 2 heterocycles. The van der Waals surface area contributed by atoms with Gasteiger partial charge in [-0.1, -0.05) is 0 Å². The zero-order valence-electron chi connectivity index (χ0n) is 8.81. The number of nitrogens with two attached hydrogens (primary N) is 1. The molecule has 0 bridgehead atoms. The monoisotopic (exact) mass is 206 g/mol. The Balaban J connectivity index is 2.34. The summed E-state index contributed by atoms with van der Waals surface area (Å²) in [7, 11) is 0. The smallest absolute Gasteiger partial charge is 0.203 e. The molecule has 0 aromatic carbocycles. The molecule has 3 N–H and O–H groups in total. The van der Waals surface area contributed by atoms with E-state index in [9.17, 15) is 0 Å². The number of aromatic nitrogens is 4. The molecule has 0 aliphatic carbocycles. The molecule has 0 fully saturated rings. The second-order valence-electron chi connectivity index (χ2n) is 3.57. The van der Waals surface area contributed by atoms with Gasteiger partial charge in [-0.2, -0.15) is 0 Å². The number of rotatable bonds is 3. The minimum atomic E-state index is 0.0797. The summed E-state index contributed by atoms with van der Waals surface area (Å²) >= 11 is 0. The van der Waals surface area contributed by atoms with Gasteiger partial charge in [-0.25, -0.2) is 4.98 Å². The van der Waals surface area contributed by atoms with Crippen LogP contribution in [0.5, 0.6) is 0 Å². The molecular weight excluding hydrogens is 192 g/mol. The number of hydrogen-bond donors (Lipinski definition) is 2. The third-order valence-electron chi connectivity index (χ3n) is 2.09. The Morgan fingerprint density at radius 2 is 2.33 bits per heavy atom. The summed E-state index contributed by atoms with van der Waals surface area (Å²) in [6.07, 6.45) is 3.55. The van der Waals surface area contributed by atoms with Gasteiger partial charge in [0.1, 0.15) is 5.82 Å². The Morgan fingerprint density at radius 3 is 3.07 bits per heavy atom. The summed E-state index contributed by atoms with van der Waals surface area (Å²) in [5, 5.41) is 11.2. The number of fused-ring (bicyclic) bond motifs is 1. The van der Waals surface area contributed by atoms with Crippen LogP contribution in [-0.2, 0) is 0 Å². The van der Waals surface area contributed by atoms with Gasteiger partial charge in [-0.3, -0.25) is 4.40 Å². The first-order valence-electron chi connectivity index (χ1n) is 4.84. The van der Waals surface area contributed by atoms with Gasteiger partial charge in [0.2, 0.25) is 5.65 Å². The molecule has 0 saturated carbocycles. The highest BCUT2D eigenvalue weighted by atomic mass is 15.3. The van der Waals surface area contributed by atoms with E-state index in [-0.39, 0.29) is 6.04 Å². The van der Waals surface area contributed by atoms with Crippen molar-refractivity contribution in [3.63, 3.8) is 0 Å². The first-order chi connectivity index (χ1) is 7.18. The van der Waals surface area contributed by atoms with E-state index in [1.54, 1.807) is 6.20 Å². The molecule has 1 unspecified atom stereocenters.